The fourth-order valence-corrected chi connectivity index (χ4v) is 5.03. The van der Waals surface area contributed by atoms with Gasteiger partial charge in [0, 0.05) is 11.4 Å². The zero-order valence-corrected chi connectivity index (χ0v) is 28.9. The summed E-state index contributed by atoms with van der Waals surface area (Å²) in [6, 6.07) is 19.7. The van der Waals surface area contributed by atoms with E-state index in [2.05, 4.69) is 53.9 Å². The van der Waals surface area contributed by atoms with Gasteiger partial charge in [0.1, 0.15) is 11.4 Å². The number of hydrogen-bond acceptors (Lipinski definition) is 5. The fourth-order valence-electron chi connectivity index (χ4n) is 5.03. The molecule has 0 fully saturated rings. The van der Waals surface area contributed by atoms with Gasteiger partial charge in [-0.05, 0) is 62.1 Å². The van der Waals surface area contributed by atoms with E-state index < -0.39 is 23.9 Å². The van der Waals surface area contributed by atoms with E-state index in [0.29, 0.717) is 11.4 Å². The molecule has 0 atom stereocenters. The first-order valence-electron chi connectivity index (χ1n) is 16.9. The molecule has 10 nitrogen and oxygen atoms in total. The minimum atomic E-state index is -0.799. The van der Waals surface area contributed by atoms with E-state index in [-0.39, 0.29) is 16.1 Å². The second kappa shape index (κ2) is 23.6. The second-order valence-electron chi connectivity index (χ2n) is 11.6. The van der Waals surface area contributed by atoms with Gasteiger partial charge in [0.2, 0.25) is 0 Å². The molecule has 0 saturated carbocycles. The Bertz CT molecular complexity index is 1250. The summed E-state index contributed by atoms with van der Waals surface area (Å²) in [5.74, 6) is -1.60. The number of nitrogens with one attached hydrogen (secondary N) is 4. The number of amides is 6. The standard InChI is InChI=1S/C21H17N5O4.C16H36N.FH/c27-18(25-20(29)22-14-8-3-1-4-9-14)16-12-7-13-17(24-16)19(28)26-21(30)23-15-10-5-2-6-11-15;1-5-9-13-17(14-10-6-2,15-11-7-3)16-12-8-4;/h1-13H,(H2,22,25,27,29)(H2,23,26,28,30);5-16H2,1-4H3;1H/q;+1;/p-1. The van der Waals surface area contributed by atoms with Crippen molar-refractivity contribution >= 4 is 35.3 Å². The lowest BCUT2D eigenvalue weighted by atomic mass is 10.1. The zero-order chi connectivity index (χ0) is 34.3. The van der Waals surface area contributed by atoms with Crippen molar-refractivity contribution in [2.75, 3.05) is 36.8 Å². The van der Waals surface area contributed by atoms with Gasteiger partial charge in [0.25, 0.3) is 11.8 Å². The Morgan fingerprint density at radius 3 is 1.17 bits per heavy atom. The topological polar surface area (TPSA) is 129 Å². The summed E-state index contributed by atoms with van der Waals surface area (Å²) in [5, 5.41) is 9.24. The van der Waals surface area contributed by atoms with Crippen molar-refractivity contribution in [1.29, 1.82) is 0 Å². The maximum Gasteiger partial charge on any atom is 0.326 e. The second-order valence-corrected chi connectivity index (χ2v) is 11.6. The molecule has 1 aromatic heterocycles. The average molecular weight is 665 g/mol. The average Bonchev–Trinajstić information content (AvgIpc) is 3.08. The molecule has 3 aromatic rings. The monoisotopic (exact) mass is 664 g/mol. The maximum atomic E-state index is 12.2. The van der Waals surface area contributed by atoms with Crippen molar-refractivity contribution in [3.8, 4) is 0 Å². The molecule has 262 valence electrons. The van der Waals surface area contributed by atoms with Crippen molar-refractivity contribution in [3.63, 3.8) is 0 Å². The van der Waals surface area contributed by atoms with Gasteiger partial charge in [0.05, 0.1) is 26.2 Å². The lowest BCUT2D eigenvalue weighted by molar-refractivity contribution is -0.929. The van der Waals surface area contributed by atoms with E-state index in [9.17, 15) is 19.2 Å². The third kappa shape index (κ3) is 15.8. The van der Waals surface area contributed by atoms with Crippen molar-refractivity contribution in [1.82, 2.24) is 15.6 Å². The van der Waals surface area contributed by atoms with E-state index in [4.69, 9.17) is 0 Å². The number of carbonyl (C=O) groups excluding carboxylic acids is 4. The van der Waals surface area contributed by atoms with Crippen LogP contribution >= 0.6 is 0 Å². The fraction of sp³-hybridized carbons (Fsp3) is 0.432. The van der Waals surface area contributed by atoms with E-state index in [1.165, 1.54) is 100 Å². The molecule has 0 unspecified atom stereocenters. The molecule has 11 heteroatoms. The van der Waals surface area contributed by atoms with Crippen LogP contribution in [0.2, 0.25) is 0 Å². The molecular formula is C37H53FN6O4. The first-order chi connectivity index (χ1) is 22.8. The smallest absolute Gasteiger partial charge is 0.326 e. The minimum absolute atomic E-state index is 0. The molecule has 48 heavy (non-hydrogen) atoms. The number of hydrogen-bond donors (Lipinski definition) is 4. The number of unbranched alkanes of at least 4 members (excludes halogenated alkanes) is 4. The minimum Gasteiger partial charge on any atom is -1.00 e. The molecule has 0 bridgehead atoms. The Morgan fingerprint density at radius 1 is 0.521 bits per heavy atom. The van der Waals surface area contributed by atoms with E-state index in [0.717, 1.165) is 0 Å². The first kappa shape index (κ1) is 41.4. The van der Waals surface area contributed by atoms with Crippen LogP contribution in [0, 0.1) is 0 Å². The van der Waals surface area contributed by atoms with E-state index >= 15 is 0 Å². The van der Waals surface area contributed by atoms with Gasteiger partial charge in [-0.15, -0.1) is 0 Å². The number of carbonyl (C=O) groups is 4. The van der Waals surface area contributed by atoms with Crippen molar-refractivity contribution in [2.24, 2.45) is 0 Å². The van der Waals surface area contributed by atoms with Crippen LogP contribution in [0.4, 0.5) is 21.0 Å². The Labute approximate surface area is 285 Å². The summed E-state index contributed by atoms with van der Waals surface area (Å²) in [5.41, 5.74) is 0.699. The van der Waals surface area contributed by atoms with Gasteiger partial charge < -0.3 is 19.8 Å². The number of urea groups is 2. The molecule has 1 heterocycles. The zero-order valence-electron chi connectivity index (χ0n) is 28.9. The number of imide groups is 2. The van der Waals surface area contributed by atoms with Crippen LogP contribution in [0.5, 0.6) is 0 Å². The number of pyridine rings is 1. The molecule has 6 amide bonds. The number of aromatic nitrogens is 1. The molecule has 0 aliphatic heterocycles. The molecule has 2 aromatic carbocycles. The molecule has 0 spiro atoms. The summed E-state index contributed by atoms with van der Waals surface area (Å²) < 4.78 is 1.42. The van der Waals surface area contributed by atoms with Crippen LogP contribution in [0.1, 0.15) is 100 Å². The molecule has 0 aliphatic carbocycles. The lowest BCUT2D eigenvalue weighted by Gasteiger charge is -2.39. The molecule has 0 aliphatic rings. The van der Waals surface area contributed by atoms with E-state index in [1.807, 2.05) is 0 Å². The maximum absolute atomic E-state index is 12.2. The van der Waals surface area contributed by atoms with Gasteiger partial charge >= 0.3 is 12.1 Å². The first-order valence-corrected chi connectivity index (χ1v) is 16.9. The van der Waals surface area contributed by atoms with Gasteiger partial charge in [0.15, 0.2) is 0 Å². The lowest BCUT2D eigenvalue weighted by Crippen LogP contribution is -3.00. The Morgan fingerprint density at radius 2 is 0.854 bits per heavy atom. The summed E-state index contributed by atoms with van der Waals surface area (Å²) in [4.78, 5) is 52.2. The highest BCUT2D eigenvalue weighted by atomic mass is 19.0. The third-order valence-corrected chi connectivity index (χ3v) is 7.68. The Balaban J connectivity index is 0.000000551. The number of nitrogens with zero attached hydrogens (tertiary/aromatic N) is 2. The van der Waals surface area contributed by atoms with Crippen LogP contribution in [0.15, 0.2) is 78.9 Å². The number of quaternary nitrogens is 1. The highest BCUT2D eigenvalue weighted by molar-refractivity contribution is 6.09. The van der Waals surface area contributed by atoms with Gasteiger partial charge in [-0.2, -0.15) is 0 Å². The van der Waals surface area contributed by atoms with Crippen LogP contribution < -0.4 is 26.0 Å². The highest BCUT2D eigenvalue weighted by Gasteiger charge is 2.24. The van der Waals surface area contributed by atoms with Crippen LogP contribution in [0.3, 0.4) is 0 Å². The largest absolute Gasteiger partial charge is 1.00 e. The molecule has 0 radical (unpaired) electrons. The van der Waals surface area contributed by atoms with Crippen molar-refractivity contribution in [2.45, 2.75) is 79.1 Å². The van der Waals surface area contributed by atoms with Gasteiger partial charge in [-0.3, -0.25) is 20.2 Å². The van der Waals surface area contributed by atoms with E-state index in [1.54, 1.807) is 60.7 Å². The summed E-state index contributed by atoms with van der Waals surface area (Å²) >= 11 is 0. The molecule has 0 saturated heterocycles. The predicted molar refractivity (Wildman–Crippen MR) is 189 cm³/mol. The number of anilines is 2. The molecule has 3 rings (SSSR count). The third-order valence-electron chi connectivity index (χ3n) is 7.68. The van der Waals surface area contributed by atoms with Crippen molar-refractivity contribution in [3.05, 3.63) is 90.3 Å². The molecular weight excluding hydrogens is 611 g/mol. The SMILES string of the molecule is CCCC[N+](CCCC)(CCCC)CCCC.O=C(NC(=O)c1cccc(C(=O)NC(=O)Nc2ccccc2)n1)Nc1ccccc1.[F-]. The highest BCUT2D eigenvalue weighted by Crippen LogP contribution is 2.16. The summed E-state index contributed by atoms with van der Waals surface area (Å²) in [6.45, 7) is 15.0. The Kier molecular flexibility index (Phi) is 20.4. The number of benzene rings is 2. The quantitative estimate of drug-likeness (QED) is 0.160. The van der Waals surface area contributed by atoms with Crippen LogP contribution in [0.25, 0.3) is 0 Å². The summed E-state index contributed by atoms with van der Waals surface area (Å²) in [7, 11) is 0. The van der Waals surface area contributed by atoms with Crippen molar-refractivity contribution < 1.29 is 28.4 Å². The van der Waals surface area contributed by atoms with Crippen LogP contribution in [-0.2, 0) is 0 Å². The Hall–Kier alpha value is -4.64. The van der Waals surface area contributed by atoms with Gasteiger partial charge in [-0.1, -0.05) is 95.8 Å². The van der Waals surface area contributed by atoms with Gasteiger partial charge in [-0.25, -0.2) is 14.6 Å². The molecule has 4 N–H and O–H groups in total. The predicted octanol–water partition coefficient (Wildman–Crippen LogP) is 5.01. The summed E-state index contributed by atoms with van der Waals surface area (Å²) in [6.07, 6.45) is 11.1. The number of para-hydroxylation sites is 2. The number of rotatable bonds is 16. The normalized spacial score (nSPS) is 10.4. The number of halogens is 1. The van der Waals surface area contributed by atoms with Crippen LogP contribution in [-0.4, -0.2) is 59.5 Å².